The van der Waals surface area contributed by atoms with Crippen molar-refractivity contribution in [2.24, 2.45) is 0 Å². The molecule has 158 valence electrons. The highest BCUT2D eigenvalue weighted by molar-refractivity contribution is 6.30. The molecule has 4 aromatic rings. The summed E-state index contributed by atoms with van der Waals surface area (Å²) in [7, 11) is 0. The van der Waals surface area contributed by atoms with Crippen molar-refractivity contribution in [1.82, 2.24) is 19.7 Å². The molecule has 5 rings (SSSR count). The SMILES string of the molecule is Cc1ccc2[nH]c3c(=O)n(CC(=O)N4CCN(c5cccc(Cl)c5)CC4)ncc3c2c1. The number of fused-ring (bicyclic) bond motifs is 3. The van der Waals surface area contributed by atoms with Gasteiger partial charge in [0.05, 0.1) is 6.20 Å². The highest BCUT2D eigenvalue weighted by Crippen LogP contribution is 2.24. The third-order valence-electron chi connectivity index (χ3n) is 5.86. The molecule has 0 saturated carbocycles. The van der Waals surface area contributed by atoms with Crippen molar-refractivity contribution in [2.75, 3.05) is 31.1 Å². The molecule has 1 fully saturated rings. The average Bonchev–Trinajstić information content (AvgIpc) is 3.14. The highest BCUT2D eigenvalue weighted by atomic mass is 35.5. The topological polar surface area (TPSA) is 74.2 Å². The number of aromatic nitrogens is 3. The van der Waals surface area contributed by atoms with Crippen molar-refractivity contribution in [3.05, 3.63) is 69.6 Å². The molecule has 1 N–H and O–H groups in total. The molecule has 3 heterocycles. The Labute approximate surface area is 183 Å². The molecule has 1 amide bonds. The van der Waals surface area contributed by atoms with Crippen LogP contribution < -0.4 is 10.5 Å². The van der Waals surface area contributed by atoms with Gasteiger partial charge in [0.2, 0.25) is 5.91 Å². The largest absolute Gasteiger partial charge is 0.368 e. The van der Waals surface area contributed by atoms with Gasteiger partial charge in [0.1, 0.15) is 12.1 Å². The summed E-state index contributed by atoms with van der Waals surface area (Å²) in [4.78, 5) is 33.0. The van der Waals surface area contributed by atoms with Crippen molar-refractivity contribution in [3.8, 4) is 0 Å². The Morgan fingerprint density at radius 1 is 1.10 bits per heavy atom. The maximum atomic E-state index is 12.9. The van der Waals surface area contributed by atoms with Gasteiger partial charge in [0.25, 0.3) is 5.56 Å². The van der Waals surface area contributed by atoms with Gasteiger partial charge in [-0.25, -0.2) is 4.68 Å². The predicted molar refractivity (Wildman–Crippen MR) is 123 cm³/mol. The molecular formula is C23H22ClN5O2. The zero-order valence-corrected chi connectivity index (χ0v) is 17.9. The summed E-state index contributed by atoms with van der Waals surface area (Å²) in [6.07, 6.45) is 1.67. The number of benzene rings is 2. The number of nitrogens with zero attached hydrogens (tertiary/aromatic N) is 4. The van der Waals surface area contributed by atoms with Crippen molar-refractivity contribution < 1.29 is 4.79 Å². The Balaban J connectivity index is 1.32. The van der Waals surface area contributed by atoms with E-state index in [-0.39, 0.29) is 18.0 Å². The number of nitrogens with one attached hydrogen (secondary N) is 1. The van der Waals surface area contributed by atoms with E-state index >= 15 is 0 Å². The molecular weight excluding hydrogens is 414 g/mol. The van der Waals surface area contributed by atoms with Crippen molar-refractivity contribution in [1.29, 1.82) is 0 Å². The van der Waals surface area contributed by atoms with E-state index in [4.69, 9.17) is 11.6 Å². The Kier molecular flexibility index (Phi) is 4.90. The molecule has 31 heavy (non-hydrogen) atoms. The normalized spacial score (nSPS) is 14.5. The molecule has 2 aromatic carbocycles. The molecule has 0 unspecified atom stereocenters. The lowest BCUT2D eigenvalue weighted by atomic mass is 10.1. The summed E-state index contributed by atoms with van der Waals surface area (Å²) in [5.74, 6) is -0.105. The van der Waals surface area contributed by atoms with E-state index in [1.807, 2.05) is 49.4 Å². The van der Waals surface area contributed by atoms with Crippen LogP contribution >= 0.6 is 11.6 Å². The number of aryl methyl sites for hydroxylation is 1. The number of piperazine rings is 1. The minimum Gasteiger partial charge on any atom is -0.368 e. The van der Waals surface area contributed by atoms with E-state index in [1.54, 1.807) is 11.1 Å². The summed E-state index contributed by atoms with van der Waals surface area (Å²) in [6.45, 7) is 4.56. The van der Waals surface area contributed by atoms with Crippen molar-refractivity contribution >= 4 is 45.0 Å². The summed E-state index contributed by atoms with van der Waals surface area (Å²) < 4.78 is 1.25. The van der Waals surface area contributed by atoms with E-state index < -0.39 is 0 Å². The molecule has 0 radical (unpaired) electrons. The fraction of sp³-hybridized carbons (Fsp3) is 0.261. The zero-order valence-electron chi connectivity index (χ0n) is 17.1. The van der Waals surface area contributed by atoms with Gasteiger partial charge >= 0.3 is 0 Å². The lowest BCUT2D eigenvalue weighted by Gasteiger charge is -2.36. The number of halogens is 1. The van der Waals surface area contributed by atoms with Gasteiger partial charge in [0, 0.05) is 53.2 Å². The molecule has 0 spiro atoms. The van der Waals surface area contributed by atoms with E-state index in [9.17, 15) is 9.59 Å². The number of carbonyl (C=O) groups is 1. The van der Waals surface area contributed by atoms with Gasteiger partial charge in [-0.2, -0.15) is 5.10 Å². The first kappa shape index (κ1) is 19.6. The molecule has 0 atom stereocenters. The number of rotatable bonds is 3. The summed E-state index contributed by atoms with van der Waals surface area (Å²) in [5, 5.41) is 6.72. The second-order valence-electron chi connectivity index (χ2n) is 7.92. The Bertz CT molecular complexity index is 1350. The second-order valence-corrected chi connectivity index (χ2v) is 8.35. The van der Waals surface area contributed by atoms with Crippen molar-refractivity contribution in [2.45, 2.75) is 13.5 Å². The predicted octanol–water partition coefficient (Wildman–Crippen LogP) is 3.19. The van der Waals surface area contributed by atoms with Gasteiger partial charge in [0.15, 0.2) is 0 Å². The molecule has 8 heteroatoms. The van der Waals surface area contributed by atoms with Gasteiger partial charge in [-0.3, -0.25) is 9.59 Å². The van der Waals surface area contributed by atoms with Crippen LogP contribution in [-0.4, -0.2) is 51.8 Å². The Morgan fingerprint density at radius 2 is 1.90 bits per heavy atom. The van der Waals surface area contributed by atoms with Crippen molar-refractivity contribution in [3.63, 3.8) is 0 Å². The van der Waals surface area contributed by atoms with E-state index in [2.05, 4.69) is 15.0 Å². The van der Waals surface area contributed by atoms with Crippen LogP contribution in [0.25, 0.3) is 21.8 Å². The number of aromatic amines is 1. The maximum Gasteiger partial charge on any atom is 0.291 e. The third kappa shape index (κ3) is 3.65. The molecule has 0 aliphatic carbocycles. The van der Waals surface area contributed by atoms with E-state index in [1.165, 1.54) is 4.68 Å². The average molecular weight is 436 g/mol. The number of amides is 1. The molecule has 1 saturated heterocycles. The first-order valence-electron chi connectivity index (χ1n) is 10.3. The quantitative estimate of drug-likeness (QED) is 0.536. The maximum absolute atomic E-state index is 12.9. The highest BCUT2D eigenvalue weighted by Gasteiger charge is 2.22. The lowest BCUT2D eigenvalue weighted by Crippen LogP contribution is -2.50. The van der Waals surface area contributed by atoms with Crippen LogP contribution in [0.4, 0.5) is 5.69 Å². The fourth-order valence-electron chi connectivity index (χ4n) is 4.17. The minimum atomic E-state index is -0.280. The van der Waals surface area contributed by atoms with Crippen LogP contribution in [0.2, 0.25) is 5.02 Å². The van der Waals surface area contributed by atoms with Crippen LogP contribution in [-0.2, 0) is 11.3 Å². The Hall–Kier alpha value is -3.32. The molecule has 1 aliphatic heterocycles. The molecule has 1 aliphatic rings. The standard InChI is InChI=1S/C23H22ClN5O2/c1-15-5-6-20-18(11-15)19-13-25-29(23(31)22(19)26-20)14-21(30)28-9-7-27(8-10-28)17-4-2-3-16(24)12-17/h2-6,11-13,26H,7-10,14H2,1H3. The Morgan fingerprint density at radius 3 is 2.68 bits per heavy atom. The van der Waals surface area contributed by atoms with E-state index in [0.29, 0.717) is 23.6 Å². The van der Waals surface area contributed by atoms with Crippen LogP contribution in [0, 0.1) is 6.92 Å². The summed E-state index contributed by atoms with van der Waals surface area (Å²) >= 11 is 6.09. The number of hydrogen-bond donors (Lipinski definition) is 1. The first-order valence-corrected chi connectivity index (χ1v) is 10.6. The van der Waals surface area contributed by atoms with Gasteiger partial charge < -0.3 is 14.8 Å². The fourth-order valence-corrected chi connectivity index (χ4v) is 4.35. The summed E-state index contributed by atoms with van der Waals surface area (Å²) in [6, 6.07) is 13.7. The van der Waals surface area contributed by atoms with Gasteiger partial charge in [-0.1, -0.05) is 29.3 Å². The lowest BCUT2D eigenvalue weighted by molar-refractivity contribution is -0.132. The third-order valence-corrected chi connectivity index (χ3v) is 6.09. The van der Waals surface area contributed by atoms with Gasteiger partial charge in [-0.05, 0) is 37.3 Å². The monoisotopic (exact) mass is 435 g/mol. The number of H-pyrrole nitrogens is 1. The number of anilines is 1. The van der Waals surface area contributed by atoms with Crippen LogP contribution in [0.15, 0.2) is 53.5 Å². The summed E-state index contributed by atoms with van der Waals surface area (Å²) in [5.41, 5.74) is 3.26. The number of carbonyl (C=O) groups excluding carboxylic acids is 1. The van der Waals surface area contributed by atoms with Crippen LogP contribution in [0.1, 0.15) is 5.56 Å². The van der Waals surface area contributed by atoms with Crippen LogP contribution in [0.5, 0.6) is 0 Å². The zero-order chi connectivity index (χ0) is 21.5. The minimum absolute atomic E-state index is 0.0691. The smallest absolute Gasteiger partial charge is 0.291 e. The molecule has 7 nitrogen and oxygen atoms in total. The van der Waals surface area contributed by atoms with Crippen LogP contribution in [0.3, 0.4) is 0 Å². The number of hydrogen-bond acceptors (Lipinski definition) is 4. The second kappa shape index (κ2) is 7.74. The molecule has 2 aromatic heterocycles. The molecule has 0 bridgehead atoms. The van der Waals surface area contributed by atoms with E-state index in [0.717, 1.165) is 40.6 Å². The van der Waals surface area contributed by atoms with Gasteiger partial charge in [-0.15, -0.1) is 0 Å². The first-order chi connectivity index (χ1) is 15.0.